The van der Waals surface area contributed by atoms with Crippen molar-refractivity contribution in [1.29, 1.82) is 0 Å². The lowest BCUT2D eigenvalue weighted by atomic mass is 9.94. The topological polar surface area (TPSA) is 49.3 Å². The van der Waals surface area contributed by atoms with Crippen LogP contribution >= 0.6 is 0 Å². The van der Waals surface area contributed by atoms with Crippen molar-refractivity contribution in [3.05, 3.63) is 29.3 Å². The number of amides is 1. The van der Waals surface area contributed by atoms with Crippen LogP contribution in [0.5, 0.6) is 0 Å². The minimum Gasteiger partial charge on any atom is -0.388 e. The largest absolute Gasteiger partial charge is 0.388 e. The molecule has 0 aliphatic carbocycles. The quantitative estimate of drug-likeness (QED) is 0.838. The molecule has 0 spiro atoms. The normalized spacial score (nSPS) is 19.5. The van der Waals surface area contributed by atoms with E-state index in [0.29, 0.717) is 0 Å². The van der Waals surface area contributed by atoms with Crippen LogP contribution in [0.3, 0.4) is 0 Å². The molecule has 2 N–H and O–H groups in total. The van der Waals surface area contributed by atoms with Gasteiger partial charge in [0.25, 0.3) is 0 Å². The zero-order valence-corrected chi connectivity index (χ0v) is 11.1. The second-order valence-electron chi connectivity index (χ2n) is 4.95. The maximum absolute atomic E-state index is 11.7. The molecule has 0 fully saturated rings. The molecule has 2 rings (SSSR count). The monoisotopic (exact) mass is 247 g/mol. The Kier molecular flexibility index (Phi) is 4.02. The SMILES string of the molecule is CCCCC(O)c1ccc2c(c1)C(CC)C(=O)N2. The lowest BCUT2D eigenvalue weighted by molar-refractivity contribution is -0.117. The standard InChI is InChI=1S/C15H21NO2/c1-3-5-6-14(17)10-7-8-13-12(9-10)11(4-2)15(18)16-13/h7-9,11,14,17H,3-6H2,1-2H3,(H,16,18). The maximum atomic E-state index is 11.7. The molecule has 1 amide bonds. The predicted molar refractivity (Wildman–Crippen MR) is 72.6 cm³/mol. The Morgan fingerprint density at radius 2 is 2.17 bits per heavy atom. The molecule has 2 unspecified atom stereocenters. The van der Waals surface area contributed by atoms with Crippen LogP contribution in [0.2, 0.25) is 0 Å². The van der Waals surface area contributed by atoms with E-state index in [2.05, 4.69) is 12.2 Å². The van der Waals surface area contributed by atoms with E-state index in [-0.39, 0.29) is 11.8 Å². The highest BCUT2D eigenvalue weighted by molar-refractivity contribution is 6.02. The van der Waals surface area contributed by atoms with Crippen LogP contribution in [0.25, 0.3) is 0 Å². The highest BCUT2D eigenvalue weighted by Crippen LogP contribution is 2.36. The molecular formula is C15H21NO2. The summed E-state index contributed by atoms with van der Waals surface area (Å²) in [6, 6.07) is 5.81. The fraction of sp³-hybridized carbons (Fsp3) is 0.533. The van der Waals surface area contributed by atoms with Crippen LogP contribution in [0.1, 0.15) is 62.7 Å². The number of benzene rings is 1. The Morgan fingerprint density at radius 1 is 1.39 bits per heavy atom. The van der Waals surface area contributed by atoms with Crippen LogP contribution in [0, 0.1) is 0 Å². The summed E-state index contributed by atoms with van der Waals surface area (Å²) in [6.45, 7) is 4.13. The lowest BCUT2D eigenvalue weighted by Gasteiger charge is -2.13. The van der Waals surface area contributed by atoms with Gasteiger partial charge in [-0.05, 0) is 30.0 Å². The molecule has 1 aliphatic rings. The van der Waals surface area contributed by atoms with E-state index in [4.69, 9.17) is 0 Å². The molecule has 0 bridgehead atoms. The third-order valence-electron chi connectivity index (χ3n) is 3.65. The third kappa shape index (κ3) is 2.41. The van der Waals surface area contributed by atoms with Crippen molar-refractivity contribution in [2.45, 2.75) is 51.6 Å². The molecule has 1 aliphatic heterocycles. The van der Waals surface area contributed by atoms with Gasteiger partial charge in [0.2, 0.25) is 5.91 Å². The summed E-state index contributed by atoms with van der Waals surface area (Å²) < 4.78 is 0. The van der Waals surface area contributed by atoms with Crippen molar-refractivity contribution in [3.8, 4) is 0 Å². The van der Waals surface area contributed by atoms with Gasteiger partial charge in [0.15, 0.2) is 0 Å². The van der Waals surface area contributed by atoms with Crippen molar-refractivity contribution in [2.24, 2.45) is 0 Å². The summed E-state index contributed by atoms with van der Waals surface area (Å²) in [5, 5.41) is 13.0. The molecule has 3 nitrogen and oxygen atoms in total. The number of anilines is 1. The number of fused-ring (bicyclic) bond motifs is 1. The highest BCUT2D eigenvalue weighted by atomic mass is 16.3. The Hall–Kier alpha value is -1.35. The van der Waals surface area contributed by atoms with Gasteiger partial charge >= 0.3 is 0 Å². The average Bonchev–Trinajstić information content (AvgIpc) is 2.70. The molecule has 3 heteroatoms. The number of rotatable bonds is 5. The minimum absolute atomic E-state index is 0.0571. The van der Waals surface area contributed by atoms with E-state index in [1.165, 1.54) is 0 Å². The molecular weight excluding hydrogens is 226 g/mol. The van der Waals surface area contributed by atoms with E-state index in [9.17, 15) is 9.90 Å². The molecule has 0 aromatic heterocycles. The summed E-state index contributed by atoms with van der Waals surface area (Å²) in [5.41, 5.74) is 2.87. The summed E-state index contributed by atoms with van der Waals surface area (Å²) in [7, 11) is 0. The number of carbonyl (C=O) groups excluding carboxylic acids is 1. The number of hydrogen-bond acceptors (Lipinski definition) is 2. The van der Waals surface area contributed by atoms with Gasteiger partial charge < -0.3 is 10.4 Å². The first-order valence-corrected chi connectivity index (χ1v) is 6.80. The summed E-state index contributed by atoms with van der Waals surface area (Å²) in [5.74, 6) is 0.0195. The van der Waals surface area contributed by atoms with Gasteiger partial charge in [-0.25, -0.2) is 0 Å². The predicted octanol–water partition coefficient (Wildman–Crippen LogP) is 3.36. The van der Waals surface area contributed by atoms with E-state index in [1.807, 2.05) is 25.1 Å². The van der Waals surface area contributed by atoms with Crippen LogP contribution < -0.4 is 5.32 Å². The molecule has 1 aromatic carbocycles. The Morgan fingerprint density at radius 3 is 2.83 bits per heavy atom. The fourth-order valence-corrected chi connectivity index (χ4v) is 2.52. The second-order valence-corrected chi connectivity index (χ2v) is 4.95. The van der Waals surface area contributed by atoms with Crippen LogP contribution in [-0.2, 0) is 4.79 Å². The number of aliphatic hydroxyl groups is 1. The summed E-state index contributed by atoms with van der Waals surface area (Å²) in [6.07, 6.45) is 3.27. The molecule has 0 radical (unpaired) electrons. The molecule has 2 atom stereocenters. The Bertz CT molecular complexity index is 442. The zero-order valence-electron chi connectivity index (χ0n) is 11.1. The molecule has 1 heterocycles. The maximum Gasteiger partial charge on any atom is 0.231 e. The number of unbranched alkanes of at least 4 members (excludes halogenated alkanes) is 1. The first-order valence-electron chi connectivity index (χ1n) is 6.80. The molecule has 98 valence electrons. The second kappa shape index (κ2) is 5.53. The fourth-order valence-electron chi connectivity index (χ4n) is 2.52. The minimum atomic E-state index is -0.413. The average molecular weight is 247 g/mol. The molecule has 1 aromatic rings. The smallest absolute Gasteiger partial charge is 0.231 e. The van der Waals surface area contributed by atoms with E-state index in [1.54, 1.807) is 0 Å². The van der Waals surface area contributed by atoms with Crippen LogP contribution in [0.15, 0.2) is 18.2 Å². The molecule has 0 saturated heterocycles. The van der Waals surface area contributed by atoms with Gasteiger partial charge in [-0.2, -0.15) is 0 Å². The van der Waals surface area contributed by atoms with Crippen LogP contribution in [0.4, 0.5) is 5.69 Å². The van der Waals surface area contributed by atoms with Crippen molar-refractivity contribution in [3.63, 3.8) is 0 Å². The summed E-state index contributed by atoms with van der Waals surface area (Å²) >= 11 is 0. The van der Waals surface area contributed by atoms with Crippen molar-refractivity contribution in [2.75, 3.05) is 5.32 Å². The van der Waals surface area contributed by atoms with E-state index < -0.39 is 6.10 Å². The number of aliphatic hydroxyl groups excluding tert-OH is 1. The van der Waals surface area contributed by atoms with Gasteiger partial charge in [0.05, 0.1) is 12.0 Å². The van der Waals surface area contributed by atoms with Gasteiger partial charge in [-0.3, -0.25) is 4.79 Å². The Labute approximate surface area is 108 Å². The molecule has 0 saturated carbocycles. The zero-order chi connectivity index (χ0) is 13.1. The first kappa shape index (κ1) is 13.1. The van der Waals surface area contributed by atoms with Crippen LogP contribution in [-0.4, -0.2) is 11.0 Å². The highest BCUT2D eigenvalue weighted by Gasteiger charge is 2.29. The van der Waals surface area contributed by atoms with E-state index in [0.717, 1.165) is 42.5 Å². The van der Waals surface area contributed by atoms with Gasteiger partial charge in [-0.15, -0.1) is 0 Å². The lowest BCUT2D eigenvalue weighted by Crippen LogP contribution is -2.10. The number of hydrogen-bond donors (Lipinski definition) is 2. The van der Waals surface area contributed by atoms with Crippen molar-refractivity contribution < 1.29 is 9.90 Å². The van der Waals surface area contributed by atoms with Gasteiger partial charge in [-0.1, -0.05) is 38.8 Å². The van der Waals surface area contributed by atoms with Crippen molar-refractivity contribution >= 4 is 11.6 Å². The number of nitrogens with one attached hydrogen (secondary N) is 1. The van der Waals surface area contributed by atoms with Crippen molar-refractivity contribution in [1.82, 2.24) is 0 Å². The van der Waals surface area contributed by atoms with Gasteiger partial charge in [0.1, 0.15) is 0 Å². The third-order valence-corrected chi connectivity index (χ3v) is 3.65. The summed E-state index contributed by atoms with van der Waals surface area (Å²) in [4.78, 5) is 11.7. The van der Waals surface area contributed by atoms with Gasteiger partial charge in [0, 0.05) is 5.69 Å². The molecule has 18 heavy (non-hydrogen) atoms. The first-order chi connectivity index (χ1) is 8.67. The Balaban J connectivity index is 2.22. The van der Waals surface area contributed by atoms with E-state index >= 15 is 0 Å². The number of carbonyl (C=O) groups is 1.